The summed E-state index contributed by atoms with van der Waals surface area (Å²) in [6, 6.07) is 29.5. The average Bonchev–Trinajstić information content (AvgIpc) is 2.71. The average molecular weight is 372 g/mol. The molecule has 0 aliphatic heterocycles. The summed E-state index contributed by atoms with van der Waals surface area (Å²) in [6.45, 7) is 2.05. The molecule has 4 rings (SSSR count). The lowest BCUT2D eigenvalue weighted by Crippen LogP contribution is -2.13. The first-order valence-corrected chi connectivity index (χ1v) is 9.16. The molecule has 0 fully saturated rings. The lowest BCUT2D eigenvalue weighted by atomic mass is 10.0. The summed E-state index contributed by atoms with van der Waals surface area (Å²) < 4.78 is 2.07. The van der Waals surface area contributed by atoms with Gasteiger partial charge in [-0.3, -0.25) is 4.79 Å². The molecule has 0 aliphatic rings. The van der Waals surface area contributed by atoms with Crippen molar-refractivity contribution >= 4 is 11.6 Å². The molecule has 0 unspecified atom stereocenters. The summed E-state index contributed by atoms with van der Waals surface area (Å²) in [7, 11) is 0. The molecule has 0 saturated heterocycles. The first-order valence-electron chi connectivity index (χ1n) is 8.78. The van der Waals surface area contributed by atoms with Gasteiger partial charge in [-0.2, -0.15) is 0 Å². The Balaban J connectivity index is 2.15. The van der Waals surface area contributed by atoms with E-state index >= 15 is 0 Å². The number of halogens is 1. The third kappa shape index (κ3) is 3.32. The van der Waals surface area contributed by atoms with Crippen molar-refractivity contribution in [2.24, 2.45) is 0 Å². The highest BCUT2D eigenvalue weighted by Crippen LogP contribution is 2.33. The number of nitrogens with zero attached hydrogens (tertiary/aromatic N) is 1. The SMILES string of the molecule is Cc1cccc(-n2c(-c3ccccc3)cc(=O)c(Cl)c2-c2ccccc2)c1. The van der Waals surface area contributed by atoms with Crippen molar-refractivity contribution in [3.8, 4) is 28.2 Å². The Hall–Kier alpha value is -3.10. The molecular weight excluding hydrogens is 354 g/mol. The molecule has 1 aromatic heterocycles. The van der Waals surface area contributed by atoms with E-state index in [1.54, 1.807) is 6.07 Å². The number of rotatable bonds is 3. The molecule has 27 heavy (non-hydrogen) atoms. The van der Waals surface area contributed by atoms with Crippen LogP contribution in [0.4, 0.5) is 0 Å². The summed E-state index contributed by atoms with van der Waals surface area (Å²) in [5.41, 5.74) is 5.31. The third-order valence-electron chi connectivity index (χ3n) is 4.53. The van der Waals surface area contributed by atoms with Crippen LogP contribution in [0.25, 0.3) is 28.2 Å². The van der Waals surface area contributed by atoms with Gasteiger partial charge in [-0.1, -0.05) is 84.4 Å². The Labute approximate surface area is 163 Å². The summed E-state index contributed by atoms with van der Waals surface area (Å²) in [5.74, 6) is 0. The van der Waals surface area contributed by atoms with E-state index in [-0.39, 0.29) is 10.5 Å². The molecule has 0 N–H and O–H groups in total. The molecule has 3 heteroatoms. The minimum Gasteiger partial charge on any atom is -0.307 e. The Kier molecular flexibility index (Phi) is 4.66. The van der Waals surface area contributed by atoms with Crippen LogP contribution in [-0.4, -0.2) is 4.57 Å². The second kappa shape index (κ2) is 7.26. The van der Waals surface area contributed by atoms with Crippen LogP contribution in [0, 0.1) is 6.92 Å². The highest BCUT2D eigenvalue weighted by atomic mass is 35.5. The summed E-state index contributed by atoms with van der Waals surface area (Å²) in [6.07, 6.45) is 0. The molecule has 4 aromatic rings. The zero-order valence-corrected chi connectivity index (χ0v) is 15.6. The second-order valence-electron chi connectivity index (χ2n) is 6.46. The third-order valence-corrected chi connectivity index (χ3v) is 4.90. The predicted octanol–water partition coefficient (Wildman–Crippen LogP) is 6.13. The number of pyridine rings is 1. The zero-order valence-electron chi connectivity index (χ0n) is 14.9. The Bertz CT molecular complexity index is 1150. The van der Waals surface area contributed by atoms with Crippen LogP contribution in [0.1, 0.15) is 5.56 Å². The molecule has 0 atom stereocenters. The fraction of sp³-hybridized carbons (Fsp3) is 0.0417. The molecule has 0 bridgehead atoms. The quantitative estimate of drug-likeness (QED) is 0.424. The van der Waals surface area contributed by atoms with Crippen LogP contribution in [0.5, 0.6) is 0 Å². The Morgan fingerprint density at radius 1 is 0.741 bits per heavy atom. The molecule has 2 nitrogen and oxygen atoms in total. The van der Waals surface area contributed by atoms with Crippen LogP contribution in [-0.2, 0) is 0 Å². The molecular formula is C24H18ClNO. The van der Waals surface area contributed by atoms with Gasteiger partial charge in [0.15, 0.2) is 0 Å². The van der Waals surface area contributed by atoms with Crippen molar-refractivity contribution in [3.05, 3.63) is 112 Å². The minimum absolute atomic E-state index is 0.182. The maximum atomic E-state index is 12.7. The lowest BCUT2D eigenvalue weighted by molar-refractivity contribution is 1.05. The highest BCUT2D eigenvalue weighted by molar-refractivity contribution is 6.33. The number of aryl methyl sites for hydroxylation is 1. The fourth-order valence-corrected chi connectivity index (χ4v) is 3.54. The van der Waals surface area contributed by atoms with Gasteiger partial charge in [0.1, 0.15) is 5.02 Å². The van der Waals surface area contributed by atoms with Gasteiger partial charge in [0.05, 0.1) is 11.4 Å². The van der Waals surface area contributed by atoms with Crippen LogP contribution in [0.2, 0.25) is 5.02 Å². The van der Waals surface area contributed by atoms with Crippen molar-refractivity contribution in [2.45, 2.75) is 6.92 Å². The summed E-state index contributed by atoms with van der Waals surface area (Å²) >= 11 is 6.55. The van der Waals surface area contributed by atoms with E-state index in [0.717, 1.165) is 28.1 Å². The van der Waals surface area contributed by atoms with Crippen LogP contribution < -0.4 is 5.43 Å². The van der Waals surface area contributed by atoms with Gasteiger partial charge in [-0.25, -0.2) is 0 Å². The van der Waals surface area contributed by atoms with Crippen molar-refractivity contribution in [3.63, 3.8) is 0 Å². The summed E-state index contributed by atoms with van der Waals surface area (Å²) in [4.78, 5) is 12.7. The van der Waals surface area contributed by atoms with Gasteiger partial charge in [-0.05, 0) is 30.2 Å². The monoisotopic (exact) mass is 371 g/mol. The first kappa shape index (κ1) is 17.3. The maximum Gasteiger partial charge on any atom is 0.201 e. The molecule has 0 spiro atoms. The van der Waals surface area contributed by atoms with Gasteiger partial charge < -0.3 is 4.57 Å². The smallest absolute Gasteiger partial charge is 0.201 e. The molecule has 0 aliphatic carbocycles. The predicted molar refractivity (Wildman–Crippen MR) is 113 cm³/mol. The number of hydrogen-bond donors (Lipinski definition) is 0. The Morgan fingerprint density at radius 3 is 2.00 bits per heavy atom. The second-order valence-corrected chi connectivity index (χ2v) is 6.84. The molecule has 0 saturated carbocycles. The van der Waals surface area contributed by atoms with E-state index in [1.165, 1.54) is 0 Å². The summed E-state index contributed by atoms with van der Waals surface area (Å²) in [5, 5.41) is 0.224. The fourth-order valence-electron chi connectivity index (χ4n) is 3.30. The van der Waals surface area contributed by atoms with Gasteiger partial charge >= 0.3 is 0 Å². The van der Waals surface area contributed by atoms with E-state index in [4.69, 9.17) is 11.6 Å². The van der Waals surface area contributed by atoms with Crippen LogP contribution >= 0.6 is 11.6 Å². The first-order chi connectivity index (χ1) is 13.1. The van der Waals surface area contributed by atoms with Crippen LogP contribution in [0.3, 0.4) is 0 Å². The number of hydrogen-bond acceptors (Lipinski definition) is 1. The highest BCUT2D eigenvalue weighted by Gasteiger charge is 2.18. The van der Waals surface area contributed by atoms with Crippen molar-refractivity contribution in [2.75, 3.05) is 0 Å². The maximum absolute atomic E-state index is 12.7. The largest absolute Gasteiger partial charge is 0.307 e. The minimum atomic E-state index is -0.182. The van der Waals surface area contributed by atoms with E-state index < -0.39 is 0 Å². The van der Waals surface area contributed by atoms with Gasteiger partial charge in [0.25, 0.3) is 0 Å². The molecule has 0 amide bonds. The van der Waals surface area contributed by atoms with E-state index in [2.05, 4.69) is 23.6 Å². The normalized spacial score (nSPS) is 10.7. The lowest BCUT2D eigenvalue weighted by Gasteiger charge is -2.21. The van der Waals surface area contributed by atoms with Crippen molar-refractivity contribution in [1.29, 1.82) is 0 Å². The molecule has 1 heterocycles. The van der Waals surface area contributed by atoms with E-state index in [9.17, 15) is 4.79 Å². The topological polar surface area (TPSA) is 22.0 Å². The van der Waals surface area contributed by atoms with Gasteiger partial charge in [0, 0.05) is 17.3 Å². The van der Waals surface area contributed by atoms with Crippen molar-refractivity contribution < 1.29 is 0 Å². The van der Waals surface area contributed by atoms with Crippen LogP contribution in [0.15, 0.2) is 95.8 Å². The standard InChI is InChI=1S/C24H18ClNO/c1-17-9-8-14-20(15-17)26-21(18-10-4-2-5-11-18)16-22(27)23(25)24(26)19-12-6-3-7-13-19/h2-16H,1H3. The number of benzene rings is 3. The zero-order chi connectivity index (χ0) is 18.8. The Morgan fingerprint density at radius 2 is 1.37 bits per heavy atom. The van der Waals surface area contributed by atoms with Crippen molar-refractivity contribution in [1.82, 2.24) is 4.57 Å². The van der Waals surface area contributed by atoms with E-state index in [0.29, 0.717) is 5.69 Å². The molecule has 3 aromatic carbocycles. The van der Waals surface area contributed by atoms with Gasteiger partial charge in [0.2, 0.25) is 5.43 Å². The van der Waals surface area contributed by atoms with E-state index in [1.807, 2.05) is 72.8 Å². The molecule has 132 valence electrons. The molecule has 0 radical (unpaired) electrons. The number of aromatic nitrogens is 1. The van der Waals surface area contributed by atoms with Gasteiger partial charge in [-0.15, -0.1) is 0 Å².